The monoisotopic (exact) mass is 190 g/mol. The van der Waals surface area contributed by atoms with Crippen molar-refractivity contribution in [2.24, 2.45) is 0 Å². The molecule has 11 heavy (non-hydrogen) atoms. The number of hydrogen-bond donors (Lipinski definition) is 1. The second-order valence-electron chi connectivity index (χ2n) is 2.34. The molecule has 0 aromatic heterocycles. The molecule has 3 heteroatoms. The van der Waals surface area contributed by atoms with Crippen LogP contribution in [0.25, 0.3) is 0 Å². The molecule has 1 N–H and O–H groups in total. The van der Waals surface area contributed by atoms with Crippen molar-refractivity contribution in [3.63, 3.8) is 0 Å². The molecule has 0 bridgehead atoms. The highest BCUT2D eigenvalue weighted by Gasteiger charge is 2.05. The molecule has 0 radical (unpaired) electrons. The molecule has 1 atom stereocenters. The Kier molecular flexibility index (Phi) is 2.77. The van der Waals surface area contributed by atoms with Crippen LogP contribution in [-0.4, -0.2) is 5.11 Å². The average Bonchev–Trinajstić information content (AvgIpc) is 1.94. The van der Waals surface area contributed by atoms with Gasteiger partial charge in [-0.05, 0) is 25.1 Å². The molecule has 0 aliphatic rings. The van der Waals surface area contributed by atoms with Gasteiger partial charge in [0.25, 0.3) is 0 Å². The zero-order valence-corrected chi connectivity index (χ0v) is 7.52. The van der Waals surface area contributed by atoms with E-state index in [0.717, 1.165) is 0 Å². The Morgan fingerprint density at radius 1 is 1.36 bits per heavy atom. The van der Waals surface area contributed by atoms with Gasteiger partial charge in [0.15, 0.2) is 0 Å². The van der Waals surface area contributed by atoms with Crippen LogP contribution in [-0.2, 0) is 0 Å². The standard InChI is InChI=1S/C8H8Cl2O/c1-5(11)7-4-6(9)2-3-8(7)10/h2-5,11H,1H3/t5-/m1/s1. The lowest BCUT2D eigenvalue weighted by molar-refractivity contribution is 0.199. The van der Waals surface area contributed by atoms with E-state index in [-0.39, 0.29) is 0 Å². The van der Waals surface area contributed by atoms with Gasteiger partial charge in [-0.15, -0.1) is 0 Å². The second kappa shape index (κ2) is 3.44. The summed E-state index contributed by atoms with van der Waals surface area (Å²) < 4.78 is 0. The highest BCUT2D eigenvalue weighted by Crippen LogP contribution is 2.25. The third-order valence-electron chi connectivity index (χ3n) is 1.41. The Labute approximate surface area is 75.6 Å². The lowest BCUT2D eigenvalue weighted by Crippen LogP contribution is -1.91. The molecule has 0 saturated carbocycles. The minimum atomic E-state index is -0.568. The Morgan fingerprint density at radius 3 is 2.45 bits per heavy atom. The van der Waals surface area contributed by atoms with Crippen molar-refractivity contribution in [3.05, 3.63) is 33.8 Å². The van der Waals surface area contributed by atoms with Gasteiger partial charge in [-0.2, -0.15) is 0 Å². The van der Waals surface area contributed by atoms with E-state index < -0.39 is 6.10 Å². The average molecular weight is 191 g/mol. The van der Waals surface area contributed by atoms with Gasteiger partial charge in [0.05, 0.1) is 6.10 Å². The molecule has 60 valence electrons. The Morgan fingerprint density at radius 2 is 2.00 bits per heavy atom. The maximum atomic E-state index is 9.19. The van der Waals surface area contributed by atoms with Crippen LogP contribution in [0.1, 0.15) is 18.6 Å². The minimum Gasteiger partial charge on any atom is -0.389 e. The Bertz CT molecular complexity index is 258. The molecule has 1 nitrogen and oxygen atoms in total. The Hall–Kier alpha value is -0.240. The van der Waals surface area contributed by atoms with Crippen LogP contribution in [0, 0.1) is 0 Å². The van der Waals surface area contributed by atoms with E-state index >= 15 is 0 Å². The molecule has 1 rings (SSSR count). The molecule has 0 aliphatic carbocycles. The SMILES string of the molecule is C[C@@H](O)c1cc(Cl)ccc1Cl. The van der Waals surface area contributed by atoms with E-state index in [9.17, 15) is 5.11 Å². The van der Waals surface area contributed by atoms with Crippen LogP contribution in [0.5, 0.6) is 0 Å². The van der Waals surface area contributed by atoms with Crippen LogP contribution < -0.4 is 0 Å². The zero-order chi connectivity index (χ0) is 8.43. The first-order valence-electron chi connectivity index (χ1n) is 3.24. The topological polar surface area (TPSA) is 20.2 Å². The summed E-state index contributed by atoms with van der Waals surface area (Å²) in [6.07, 6.45) is -0.568. The van der Waals surface area contributed by atoms with Gasteiger partial charge < -0.3 is 5.11 Å². The Balaban J connectivity index is 3.13. The molecule has 0 spiro atoms. The van der Waals surface area contributed by atoms with Crippen molar-refractivity contribution in [1.82, 2.24) is 0 Å². The molecular formula is C8H8Cl2O. The van der Waals surface area contributed by atoms with Crippen molar-refractivity contribution < 1.29 is 5.11 Å². The molecule has 0 fully saturated rings. The van der Waals surface area contributed by atoms with Crippen LogP contribution in [0.2, 0.25) is 10.0 Å². The van der Waals surface area contributed by atoms with Gasteiger partial charge in [-0.3, -0.25) is 0 Å². The molecule has 0 saturated heterocycles. The van der Waals surface area contributed by atoms with Crippen LogP contribution in [0.4, 0.5) is 0 Å². The summed E-state index contributed by atoms with van der Waals surface area (Å²) in [5.41, 5.74) is 0.666. The third kappa shape index (κ3) is 2.09. The number of aliphatic hydroxyl groups is 1. The molecule has 0 amide bonds. The fraction of sp³-hybridized carbons (Fsp3) is 0.250. The molecule has 1 aromatic rings. The first-order valence-corrected chi connectivity index (χ1v) is 4.00. The van der Waals surface area contributed by atoms with Crippen molar-refractivity contribution in [2.75, 3.05) is 0 Å². The summed E-state index contributed by atoms with van der Waals surface area (Å²) in [5, 5.41) is 10.3. The van der Waals surface area contributed by atoms with E-state index in [1.807, 2.05) is 0 Å². The largest absolute Gasteiger partial charge is 0.389 e. The predicted molar refractivity (Wildman–Crippen MR) is 47.1 cm³/mol. The summed E-state index contributed by atoms with van der Waals surface area (Å²) in [6, 6.07) is 5.02. The van der Waals surface area contributed by atoms with Crippen LogP contribution in [0.15, 0.2) is 18.2 Å². The van der Waals surface area contributed by atoms with Crippen molar-refractivity contribution in [2.45, 2.75) is 13.0 Å². The number of rotatable bonds is 1. The third-order valence-corrected chi connectivity index (χ3v) is 1.99. The summed E-state index contributed by atoms with van der Waals surface area (Å²) >= 11 is 11.5. The van der Waals surface area contributed by atoms with Crippen LogP contribution in [0.3, 0.4) is 0 Å². The maximum absolute atomic E-state index is 9.19. The van der Waals surface area contributed by atoms with E-state index in [4.69, 9.17) is 23.2 Å². The molecule has 0 aliphatic heterocycles. The number of benzene rings is 1. The van der Waals surface area contributed by atoms with Crippen molar-refractivity contribution in [1.29, 1.82) is 0 Å². The predicted octanol–water partition coefficient (Wildman–Crippen LogP) is 3.05. The quantitative estimate of drug-likeness (QED) is 0.723. The van der Waals surface area contributed by atoms with Crippen LogP contribution >= 0.6 is 23.2 Å². The van der Waals surface area contributed by atoms with Gasteiger partial charge >= 0.3 is 0 Å². The molecule has 0 heterocycles. The number of aliphatic hydroxyl groups excluding tert-OH is 1. The van der Waals surface area contributed by atoms with Crippen molar-refractivity contribution in [3.8, 4) is 0 Å². The highest BCUT2D eigenvalue weighted by atomic mass is 35.5. The number of hydrogen-bond acceptors (Lipinski definition) is 1. The van der Waals surface area contributed by atoms with Gasteiger partial charge in [-0.25, -0.2) is 0 Å². The second-order valence-corrected chi connectivity index (χ2v) is 3.19. The molecule has 0 unspecified atom stereocenters. The van der Waals surface area contributed by atoms with E-state index in [0.29, 0.717) is 15.6 Å². The van der Waals surface area contributed by atoms with Gasteiger partial charge in [0.1, 0.15) is 0 Å². The van der Waals surface area contributed by atoms with E-state index in [1.165, 1.54) is 0 Å². The van der Waals surface area contributed by atoms with E-state index in [2.05, 4.69) is 0 Å². The maximum Gasteiger partial charge on any atom is 0.0776 e. The summed E-state index contributed by atoms with van der Waals surface area (Å²) in [5.74, 6) is 0. The fourth-order valence-electron chi connectivity index (χ4n) is 0.835. The zero-order valence-electron chi connectivity index (χ0n) is 6.01. The molecule has 1 aromatic carbocycles. The van der Waals surface area contributed by atoms with Crippen molar-refractivity contribution >= 4 is 23.2 Å². The summed E-state index contributed by atoms with van der Waals surface area (Å²) in [7, 11) is 0. The summed E-state index contributed by atoms with van der Waals surface area (Å²) in [4.78, 5) is 0. The summed E-state index contributed by atoms with van der Waals surface area (Å²) in [6.45, 7) is 1.65. The van der Waals surface area contributed by atoms with E-state index in [1.54, 1.807) is 25.1 Å². The highest BCUT2D eigenvalue weighted by molar-refractivity contribution is 6.33. The fourth-order valence-corrected chi connectivity index (χ4v) is 1.29. The van der Waals surface area contributed by atoms with Gasteiger partial charge in [0.2, 0.25) is 0 Å². The first kappa shape index (κ1) is 8.85. The smallest absolute Gasteiger partial charge is 0.0776 e. The lowest BCUT2D eigenvalue weighted by Gasteiger charge is -2.06. The first-order chi connectivity index (χ1) is 5.11. The lowest BCUT2D eigenvalue weighted by atomic mass is 10.1. The minimum absolute atomic E-state index is 0.546. The normalized spacial score (nSPS) is 13.1. The van der Waals surface area contributed by atoms with Gasteiger partial charge in [-0.1, -0.05) is 23.2 Å². The molecular weight excluding hydrogens is 183 g/mol. The number of halogens is 2. The van der Waals surface area contributed by atoms with Gasteiger partial charge in [0, 0.05) is 15.6 Å².